The van der Waals surface area contributed by atoms with Crippen molar-refractivity contribution in [3.8, 4) is 11.1 Å². The van der Waals surface area contributed by atoms with Gasteiger partial charge in [-0.05, 0) is 49.8 Å². The molecule has 2 amide bonds. The molecule has 0 aliphatic heterocycles. The lowest BCUT2D eigenvalue weighted by Gasteiger charge is -2.16. The Hall–Kier alpha value is -4.74. The van der Waals surface area contributed by atoms with Gasteiger partial charge in [-0.1, -0.05) is 12.7 Å². The molecule has 8 nitrogen and oxygen atoms in total. The van der Waals surface area contributed by atoms with Crippen molar-refractivity contribution in [2.24, 2.45) is 0 Å². The van der Waals surface area contributed by atoms with Crippen LogP contribution in [0.5, 0.6) is 0 Å². The lowest BCUT2D eigenvalue weighted by molar-refractivity contribution is -0.149. The molecule has 0 aromatic carbocycles. The third kappa shape index (κ3) is 5.48. The van der Waals surface area contributed by atoms with Crippen molar-refractivity contribution in [2.75, 3.05) is 0 Å². The second-order valence-electron chi connectivity index (χ2n) is 8.41. The number of carbonyl (C=O) groups is 2. The van der Waals surface area contributed by atoms with Crippen LogP contribution in [0, 0.1) is 0 Å². The number of rotatable bonds is 7. The second kappa shape index (κ2) is 10.3. The maximum absolute atomic E-state index is 13.4. The van der Waals surface area contributed by atoms with E-state index in [-0.39, 0.29) is 22.3 Å². The number of halogens is 4. The molecule has 0 bridgehead atoms. The zero-order valence-corrected chi connectivity index (χ0v) is 20.2. The van der Waals surface area contributed by atoms with Crippen LogP contribution in [0.1, 0.15) is 34.6 Å². The first-order chi connectivity index (χ1) is 18.0. The molecule has 0 spiro atoms. The van der Waals surface area contributed by atoms with Crippen molar-refractivity contribution in [3.63, 3.8) is 0 Å². The first-order valence-corrected chi connectivity index (χ1v) is 11.3. The molecule has 38 heavy (non-hydrogen) atoms. The van der Waals surface area contributed by atoms with Crippen molar-refractivity contribution < 1.29 is 27.2 Å². The highest BCUT2D eigenvalue weighted by molar-refractivity contribution is 6.04. The maximum Gasteiger partial charge on any atom is 0.408 e. The molecule has 196 valence electrons. The molecule has 0 fully saturated rings. The van der Waals surface area contributed by atoms with Gasteiger partial charge in [-0.2, -0.15) is 18.3 Å². The van der Waals surface area contributed by atoms with E-state index in [1.54, 1.807) is 30.6 Å². The largest absolute Gasteiger partial charge is 0.408 e. The number of allylic oxidation sites excluding steroid dienone is 4. The van der Waals surface area contributed by atoms with Crippen molar-refractivity contribution in [1.29, 1.82) is 0 Å². The molecule has 4 aromatic rings. The number of hydrogen-bond acceptors (Lipinski definition) is 4. The zero-order chi connectivity index (χ0) is 27.6. The van der Waals surface area contributed by atoms with E-state index in [1.165, 1.54) is 36.0 Å². The highest BCUT2D eigenvalue weighted by atomic mass is 19.4. The highest BCUT2D eigenvalue weighted by Gasteiger charge is 2.37. The van der Waals surface area contributed by atoms with Gasteiger partial charge in [-0.15, -0.1) is 0 Å². The summed E-state index contributed by atoms with van der Waals surface area (Å²) in [6.45, 7) is 5.65. The topological polar surface area (TPSA) is 104 Å². The number of nitrogens with one attached hydrogen (secondary N) is 3. The van der Waals surface area contributed by atoms with Crippen molar-refractivity contribution in [2.45, 2.75) is 26.1 Å². The summed E-state index contributed by atoms with van der Waals surface area (Å²) in [5, 5.41) is 9.16. The number of hydrogen-bond donors (Lipinski definition) is 3. The van der Waals surface area contributed by atoms with Gasteiger partial charge in [0.25, 0.3) is 11.8 Å². The lowest BCUT2D eigenvalue weighted by atomic mass is 10.0. The van der Waals surface area contributed by atoms with E-state index in [4.69, 9.17) is 0 Å². The fraction of sp³-hybridized carbons (Fsp3) is 0.154. The molecule has 12 heteroatoms. The number of amides is 2. The number of nitrogens with zero attached hydrogens (tertiary/aromatic N) is 3. The van der Waals surface area contributed by atoms with Gasteiger partial charge in [0.1, 0.15) is 11.7 Å². The normalized spacial score (nSPS) is 13.5. The Bertz CT molecular complexity index is 1610. The molecule has 0 saturated heterocycles. The van der Waals surface area contributed by atoms with Crippen LogP contribution in [0.4, 0.5) is 17.6 Å². The average molecular weight is 526 g/mol. The minimum Gasteiger partial charge on any atom is -0.346 e. The fourth-order valence-corrected chi connectivity index (χ4v) is 3.72. The molecule has 0 unspecified atom stereocenters. The van der Waals surface area contributed by atoms with Gasteiger partial charge < -0.3 is 15.6 Å². The van der Waals surface area contributed by atoms with Crippen molar-refractivity contribution in [1.82, 2.24) is 30.2 Å². The number of fused-ring (bicyclic) bond motifs is 2. The number of H-pyrrole nitrogens is 1. The molecule has 0 radical (unpaired) electrons. The molecule has 3 N–H and O–H groups in total. The van der Waals surface area contributed by atoms with E-state index < -0.39 is 29.9 Å². The highest BCUT2D eigenvalue weighted by Crippen LogP contribution is 2.30. The fourth-order valence-electron chi connectivity index (χ4n) is 3.72. The Morgan fingerprint density at radius 2 is 1.97 bits per heavy atom. The lowest BCUT2D eigenvalue weighted by Crippen LogP contribution is -2.43. The third-order valence-electron chi connectivity index (χ3n) is 5.62. The van der Waals surface area contributed by atoms with Crippen LogP contribution in [-0.2, 0) is 0 Å². The van der Waals surface area contributed by atoms with E-state index >= 15 is 0 Å². The average Bonchev–Trinajstić information content (AvgIpc) is 3.46. The number of aromatic amines is 1. The molecule has 0 saturated carbocycles. The molecular weight excluding hydrogens is 504 g/mol. The first kappa shape index (κ1) is 26.3. The Morgan fingerprint density at radius 3 is 2.66 bits per heavy atom. The number of pyridine rings is 2. The summed E-state index contributed by atoms with van der Waals surface area (Å²) in [6.07, 6.45) is 5.19. The van der Waals surface area contributed by atoms with E-state index in [2.05, 4.69) is 27.0 Å². The van der Waals surface area contributed by atoms with Gasteiger partial charge in [0.15, 0.2) is 0 Å². The van der Waals surface area contributed by atoms with E-state index in [0.717, 1.165) is 13.0 Å². The predicted molar refractivity (Wildman–Crippen MR) is 134 cm³/mol. The summed E-state index contributed by atoms with van der Waals surface area (Å²) in [7, 11) is 0. The number of carbonyl (C=O) groups excluding carboxylic acids is 2. The van der Waals surface area contributed by atoms with Crippen LogP contribution in [0.3, 0.4) is 0 Å². The minimum absolute atomic E-state index is 0.0290. The Balaban J connectivity index is 1.69. The molecule has 0 aliphatic rings. The van der Waals surface area contributed by atoms with E-state index in [9.17, 15) is 27.2 Å². The molecule has 4 aromatic heterocycles. The third-order valence-corrected chi connectivity index (χ3v) is 5.62. The van der Waals surface area contributed by atoms with Crippen molar-refractivity contribution >= 4 is 28.4 Å². The standard InChI is InChI=1S/C26H22F4N6O2/c1-4-5-18(8-14(2)27)35-24(37)17-9-19-20(12-32-23(19)31-11-17)16-6-7-36-22(10-16)21(13-33-36)25(38)34-15(3)26(28,29)30/h4-13,15H,1H2,2-3H3,(H,31,32)(H,34,38)(H,35,37)/b14-8+,18-5+/t15-/m1/s1. The van der Waals surface area contributed by atoms with Crippen LogP contribution >= 0.6 is 0 Å². The van der Waals surface area contributed by atoms with Crippen LogP contribution in [0.2, 0.25) is 0 Å². The Labute approximate surface area is 213 Å². The number of aromatic nitrogens is 4. The predicted octanol–water partition coefficient (Wildman–Crippen LogP) is 5.23. The van der Waals surface area contributed by atoms with Gasteiger partial charge in [0.2, 0.25) is 0 Å². The summed E-state index contributed by atoms with van der Waals surface area (Å²) in [5.74, 6) is -1.94. The molecule has 1 atom stereocenters. The van der Waals surface area contributed by atoms with Crippen LogP contribution in [0.25, 0.3) is 27.7 Å². The summed E-state index contributed by atoms with van der Waals surface area (Å²) in [6, 6.07) is 2.87. The summed E-state index contributed by atoms with van der Waals surface area (Å²) in [5.41, 5.74) is 2.37. The zero-order valence-electron chi connectivity index (χ0n) is 20.2. The summed E-state index contributed by atoms with van der Waals surface area (Å²) >= 11 is 0. The monoisotopic (exact) mass is 526 g/mol. The van der Waals surface area contributed by atoms with Gasteiger partial charge in [0.05, 0.1) is 28.7 Å². The van der Waals surface area contributed by atoms with Gasteiger partial charge in [-0.25, -0.2) is 13.9 Å². The summed E-state index contributed by atoms with van der Waals surface area (Å²) in [4.78, 5) is 32.7. The molecule has 4 rings (SSSR count). The Kier molecular flexibility index (Phi) is 7.15. The maximum atomic E-state index is 13.4. The van der Waals surface area contributed by atoms with Gasteiger partial charge >= 0.3 is 6.18 Å². The smallest absolute Gasteiger partial charge is 0.346 e. The van der Waals surface area contributed by atoms with Crippen molar-refractivity contribution in [3.05, 3.63) is 90.4 Å². The summed E-state index contributed by atoms with van der Waals surface area (Å²) < 4.78 is 53.5. The van der Waals surface area contributed by atoms with Crippen LogP contribution < -0.4 is 10.6 Å². The quantitative estimate of drug-likeness (QED) is 0.227. The number of alkyl halides is 3. The van der Waals surface area contributed by atoms with Crippen LogP contribution in [-0.4, -0.2) is 43.6 Å². The SMILES string of the molecule is C=C/C=C(\C=C(/C)F)NC(=O)c1cnc2[nH]cc(-c3ccn4ncc(C(=O)N[C@H](C)C(F)(F)F)c4c3)c2c1. The molecule has 4 heterocycles. The van der Waals surface area contributed by atoms with Crippen LogP contribution in [0.15, 0.2) is 79.3 Å². The minimum atomic E-state index is -4.59. The second-order valence-corrected chi connectivity index (χ2v) is 8.41. The molecule has 0 aliphatic carbocycles. The van der Waals surface area contributed by atoms with E-state index in [0.29, 0.717) is 22.2 Å². The molecular formula is C26H22F4N6O2. The van der Waals surface area contributed by atoms with Gasteiger partial charge in [-0.3, -0.25) is 9.59 Å². The Morgan fingerprint density at radius 1 is 1.21 bits per heavy atom. The first-order valence-electron chi connectivity index (χ1n) is 11.3. The van der Waals surface area contributed by atoms with Gasteiger partial charge in [0, 0.05) is 35.2 Å². The van der Waals surface area contributed by atoms with E-state index in [1.807, 2.05) is 5.32 Å².